The van der Waals surface area contributed by atoms with Gasteiger partial charge in [0.2, 0.25) is 5.52 Å². The lowest BCUT2D eigenvalue weighted by molar-refractivity contribution is -0.749. The number of para-hydroxylation sites is 1. The number of hydrogen-bond acceptors (Lipinski definition) is 2. The van der Waals surface area contributed by atoms with Gasteiger partial charge >= 0.3 is 0 Å². The molecule has 1 atom stereocenters. The van der Waals surface area contributed by atoms with Gasteiger partial charge in [0.25, 0.3) is 4.34 Å². The predicted molar refractivity (Wildman–Crippen MR) is 75.3 cm³/mol. The lowest BCUT2D eigenvalue weighted by Crippen LogP contribution is -3.00. The van der Waals surface area contributed by atoms with E-state index in [1.54, 1.807) is 0 Å². The molecule has 0 spiro atoms. The molecule has 0 fully saturated rings. The van der Waals surface area contributed by atoms with Gasteiger partial charge in [0, 0.05) is 13.0 Å². The third kappa shape index (κ3) is 1.91. The lowest BCUT2D eigenvalue weighted by atomic mass is 10.1. The van der Waals surface area contributed by atoms with Crippen LogP contribution in [0, 0.1) is 0 Å². The second kappa shape index (κ2) is 4.89. The maximum Gasteiger partial charge on any atom is 0.299 e. The van der Waals surface area contributed by atoms with Crippen molar-refractivity contribution in [2.45, 2.75) is 16.8 Å². The molecule has 0 saturated carbocycles. The maximum absolute atomic E-state index is 2.53. The second-order valence-corrected chi connectivity index (χ2v) is 7.11. The molecule has 86 valence electrons. The van der Waals surface area contributed by atoms with Crippen molar-refractivity contribution in [1.82, 2.24) is 0 Å². The van der Waals surface area contributed by atoms with Gasteiger partial charge < -0.3 is 24.0 Å². The Hall–Kier alpha value is 0.920. The predicted octanol–water partition coefficient (Wildman–Crippen LogP) is 0.449. The van der Waals surface area contributed by atoms with E-state index >= 15 is 0 Å². The Morgan fingerprint density at radius 1 is 1.44 bits per heavy atom. The van der Waals surface area contributed by atoms with Gasteiger partial charge in [-0.15, -0.1) is 0 Å². The minimum Gasteiger partial charge on any atom is -1.00 e. The Balaban J connectivity index is 0.000000963. The fourth-order valence-corrected chi connectivity index (χ4v) is 5.73. The first-order valence-corrected chi connectivity index (χ1v) is 8.20. The number of rotatable bonds is 1. The van der Waals surface area contributed by atoms with Crippen molar-refractivity contribution in [2.75, 3.05) is 10.2 Å². The zero-order valence-electron chi connectivity index (χ0n) is 8.74. The molecule has 3 rings (SSSR count). The van der Waals surface area contributed by atoms with E-state index in [2.05, 4.69) is 58.3 Å². The molecule has 0 saturated heterocycles. The smallest absolute Gasteiger partial charge is 0.299 e. The van der Waals surface area contributed by atoms with E-state index in [1.807, 2.05) is 23.1 Å². The molecule has 2 heterocycles. The van der Waals surface area contributed by atoms with Gasteiger partial charge in [-0.05, 0) is 17.8 Å². The van der Waals surface area contributed by atoms with Crippen LogP contribution in [0.4, 0.5) is 0 Å². The van der Waals surface area contributed by atoms with Crippen LogP contribution in [0.5, 0.6) is 0 Å². The molecule has 1 aliphatic heterocycles. The van der Waals surface area contributed by atoms with Crippen LogP contribution in [-0.4, -0.2) is 10.2 Å². The molecule has 0 amide bonds. The summed E-state index contributed by atoms with van der Waals surface area (Å²) in [5.74, 6) is 1.21. The number of fused-ring (bicyclic) bond motifs is 3. The fourth-order valence-electron chi connectivity index (χ4n) is 1.95. The van der Waals surface area contributed by atoms with Crippen LogP contribution < -0.4 is 28.5 Å². The molecular weight excluding hydrogens is 464 g/mol. The summed E-state index contributed by atoms with van der Waals surface area (Å²) in [7, 11) is 0. The maximum atomic E-state index is 2.53. The van der Waals surface area contributed by atoms with E-state index in [4.69, 9.17) is 0 Å². The van der Waals surface area contributed by atoms with Crippen molar-refractivity contribution in [1.29, 1.82) is 0 Å². The molecule has 1 aromatic carbocycles. The van der Waals surface area contributed by atoms with Gasteiger partial charge in [-0.25, -0.2) is 0 Å². The number of benzene rings is 1. The Bertz CT molecular complexity index is 526. The number of halogens is 2. The highest BCUT2D eigenvalue weighted by Crippen LogP contribution is 2.39. The summed E-state index contributed by atoms with van der Waals surface area (Å²) in [6.07, 6.45) is 0. The van der Waals surface area contributed by atoms with Gasteiger partial charge in [0.15, 0.2) is 5.54 Å². The van der Waals surface area contributed by atoms with E-state index in [-0.39, 0.29) is 24.0 Å². The van der Waals surface area contributed by atoms with Crippen LogP contribution in [0.2, 0.25) is 0 Å². The minimum absolute atomic E-state index is 0. The first-order valence-electron chi connectivity index (χ1n) is 4.87. The molecule has 0 aliphatic carbocycles. The standard InChI is InChI=1S/C11H11INS2.HI/c1-11(6-12)7-14-10-13(11)8-4-2-3-5-9(8)15-10;/h2-5H,6-7H2,1H3;1H/q+1;/p-1. The molecule has 0 radical (unpaired) electrons. The summed E-state index contributed by atoms with van der Waals surface area (Å²) in [5, 5.41) is 0. The monoisotopic (exact) mass is 475 g/mol. The van der Waals surface area contributed by atoms with Crippen LogP contribution in [0.3, 0.4) is 0 Å². The third-order valence-corrected chi connectivity index (χ3v) is 7.19. The van der Waals surface area contributed by atoms with E-state index in [0.717, 1.165) is 0 Å². The number of aromatic nitrogens is 1. The summed E-state index contributed by atoms with van der Waals surface area (Å²) in [6, 6.07) is 8.73. The van der Waals surface area contributed by atoms with E-state index in [0.29, 0.717) is 5.54 Å². The summed E-state index contributed by atoms with van der Waals surface area (Å²) < 4.78 is 6.59. The highest BCUT2D eigenvalue weighted by Gasteiger charge is 2.45. The van der Waals surface area contributed by atoms with E-state index in [9.17, 15) is 0 Å². The topological polar surface area (TPSA) is 3.88 Å². The third-order valence-electron chi connectivity index (χ3n) is 2.82. The van der Waals surface area contributed by atoms with Gasteiger partial charge in [0.05, 0.1) is 10.2 Å². The van der Waals surface area contributed by atoms with Crippen LogP contribution in [0.25, 0.3) is 10.2 Å². The van der Waals surface area contributed by atoms with Crippen LogP contribution in [-0.2, 0) is 5.54 Å². The SMILES string of the molecule is CC1(CI)CSc2sc3ccccc3[n+]21.[I-]. The highest BCUT2D eigenvalue weighted by molar-refractivity contribution is 14.1. The first-order chi connectivity index (χ1) is 7.24. The molecular formula is C11H11I2NS2. The molecule has 0 bridgehead atoms. The number of thioether (sulfide) groups is 1. The molecule has 2 aromatic rings. The average molecular weight is 475 g/mol. The highest BCUT2D eigenvalue weighted by atomic mass is 127. The normalized spacial score (nSPS) is 23.1. The lowest BCUT2D eigenvalue weighted by Gasteiger charge is -2.13. The van der Waals surface area contributed by atoms with Crippen molar-refractivity contribution < 1.29 is 28.5 Å². The molecule has 1 nitrogen and oxygen atoms in total. The fraction of sp³-hybridized carbons (Fsp3) is 0.364. The summed E-state index contributed by atoms with van der Waals surface area (Å²) >= 11 is 6.43. The quantitative estimate of drug-likeness (QED) is 0.330. The number of hydrogen-bond donors (Lipinski definition) is 0. The minimum atomic E-state index is 0. The second-order valence-electron chi connectivity index (χ2n) is 4.09. The zero-order chi connectivity index (χ0) is 10.5. The molecule has 0 N–H and O–H groups in total. The van der Waals surface area contributed by atoms with Crippen molar-refractivity contribution >= 4 is 55.9 Å². The van der Waals surface area contributed by atoms with Crippen molar-refractivity contribution in [3.8, 4) is 0 Å². The molecule has 1 aromatic heterocycles. The Morgan fingerprint density at radius 3 is 2.94 bits per heavy atom. The van der Waals surface area contributed by atoms with Crippen LogP contribution in [0.15, 0.2) is 28.6 Å². The van der Waals surface area contributed by atoms with Crippen molar-refractivity contribution in [3.63, 3.8) is 0 Å². The van der Waals surface area contributed by atoms with Crippen LogP contribution in [0.1, 0.15) is 6.92 Å². The van der Waals surface area contributed by atoms with E-state index < -0.39 is 0 Å². The summed E-state index contributed by atoms with van der Waals surface area (Å²) in [5.41, 5.74) is 1.71. The molecule has 1 aliphatic rings. The largest absolute Gasteiger partial charge is 1.00 e. The first kappa shape index (κ1) is 13.4. The van der Waals surface area contributed by atoms with Gasteiger partial charge in [-0.2, -0.15) is 4.57 Å². The molecule has 5 heteroatoms. The van der Waals surface area contributed by atoms with Crippen LogP contribution >= 0.6 is 45.7 Å². The number of thiazole rings is 1. The van der Waals surface area contributed by atoms with Gasteiger partial charge in [-0.1, -0.05) is 46.1 Å². The molecule has 1 unspecified atom stereocenters. The van der Waals surface area contributed by atoms with Gasteiger partial charge in [-0.3, -0.25) is 0 Å². The Kier molecular flexibility index (Phi) is 4.08. The number of nitrogens with zero attached hydrogens (tertiary/aromatic N) is 1. The Morgan fingerprint density at radius 2 is 2.19 bits per heavy atom. The van der Waals surface area contributed by atoms with E-state index in [1.165, 1.54) is 24.7 Å². The van der Waals surface area contributed by atoms with Crippen molar-refractivity contribution in [3.05, 3.63) is 24.3 Å². The average Bonchev–Trinajstić information content (AvgIpc) is 2.78. The summed E-state index contributed by atoms with van der Waals surface area (Å²) in [6.45, 7) is 2.36. The van der Waals surface area contributed by atoms with Crippen molar-refractivity contribution in [2.24, 2.45) is 0 Å². The summed E-state index contributed by atoms with van der Waals surface area (Å²) in [4.78, 5) is 0. The number of alkyl halides is 1. The zero-order valence-corrected chi connectivity index (χ0v) is 14.7. The molecule has 16 heavy (non-hydrogen) atoms. The Labute approximate surface area is 134 Å². The van der Waals surface area contributed by atoms with Gasteiger partial charge in [0.1, 0.15) is 4.70 Å².